The molecule has 4 aromatic heterocycles. The summed E-state index contributed by atoms with van der Waals surface area (Å²) in [6.45, 7) is 0. The van der Waals surface area contributed by atoms with Crippen LogP contribution in [-0.4, -0.2) is 42.1 Å². The van der Waals surface area contributed by atoms with E-state index in [0.29, 0.717) is 81.2 Å². The van der Waals surface area contributed by atoms with Crippen LogP contribution in [0, 0.1) is 0 Å². The molecule has 0 saturated carbocycles. The second-order valence-electron chi connectivity index (χ2n) is 12.5. The predicted octanol–water partition coefficient (Wildman–Crippen LogP) is 6.62. The van der Waals surface area contributed by atoms with Gasteiger partial charge in [0.25, 0.3) is 21.2 Å². The third-order valence-corrected chi connectivity index (χ3v) is 11.5. The zero-order valence-corrected chi connectivity index (χ0v) is 27.0. The minimum absolute atomic E-state index is 0.111. The Morgan fingerprint density at radius 1 is 0.608 bits per heavy atom. The van der Waals surface area contributed by atoms with Crippen molar-refractivity contribution in [2.45, 2.75) is 9.79 Å². The lowest BCUT2D eigenvalue weighted by molar-refractivity contribution is -0.432. The van der Waals surface area contributed by atoms with Crippen LogP contribution >= 0.6 is 12.0 Å². The van der Waals surface area contributed by atoms with Crippen molar-refractivity contribution in [2.75, 3.05) is 0 Å². The molecule has 0 spiro atoms. The number of benzene rings is 7. The number of hydrogen-bond acceptors (Lipinski definition) is 11. The number of imidazole rings is 2. The Kier molecular flexibility index (Phi) is 5.34. The molecule has 246 valence electrons. The molecule has 0 radical (unpaired) electrons. The maximum atomic E-state index is 14.3. The molecule has 0 atom stereocenters. The molecule has 11 aromatic rings. The highest BCUT2D eigenvalue weighted by Crippen LogP contribution is 2.48. The fourth-order valence-corrected chi connectivity index (χ4v) is 8.98. The van der Waals surface area contributed by atoms with Crippen LogP contribution in [0.1, 0.15) is 0 Å². The number of pyridine rings is 2. The number of phenols is 1. The van der Waals surface area contributed by atoms with Crippen LogP contribution in [0.15, 0.2) is 98.2 Å². The number of nitrogens with zero attached hydrogens (tertiary/aromatic N) is 4. The highest BCUT2D eigenvalue weighted by Gasteiger charge is 2.26. The fourth-order valence-electron chi connectivity index (χ4n) is 8.09. The van der Waals surface area contributed by atoms with Gasteiger partial charge < -0.3 is 5.11 Å². The Morgan fingerprint density at radius 3 is 1.96 bits per heavy atom. The van der Waals surface area contributed by atoms with Crippen LogP contribution < -0.4 is 11.1 Å². The lowest BCUT2D eigenvalue weighted by Crippen LogP contribution is -2.14. The molecule has 11 rings (SSSR count). The lowest BCUT2D eigenvalue weighted by Gasteiger charge is -2.19. The summed E-state index contributed by atoms with van der Waals surface area (Å²) in [5.41, 5.74) is 1.71. The average molecular weight is 713 g/mol. The summed E-state index contributed by atoms with van der Waals surface area (Å²) in [6.07, 6.45) is 0. The van der Waals surface area contributed by atoms with E-state index in [4.69, 9.17) is 10.2 Å². The topological polar surface area (TPSA) is 182 Å². The van der Waals surface area contributed by atoms with Gasteiger partial charge in [-0.15, -0.1) is 4.33 Å². The molecule has 0 aliphatic carbocycles. The molecule has 0 amide bonds. The van der Waals surface area contributed by atoms with Gasteiger partial charge in [0.2, 0.25) is 0 Å². The predicted molar refractivity (Wildman–Crippen MR) is 192 cm³/mol. The normalized spacial score (nSPS) is 13.1. The zero-order valence-electron chi connectivity index (χ0n) is 25.4. The first-order chi connectivity index (χ1) is 24.6. The van der Waals surface area contributed by atoms with Crippen LogP contribution in [0.3, 0.4) is 0 Å². The van der Waals surface area contributed by atoms with Crippen LogP contribution in [0.5, 0.6) is 5.75 Å². The molecule has 7 aromatic carbocycles. The summed E-state index contributed by atoms with van der Waals surface area (Å²) in [7, 11) is -4.50. The van der Waals surface area contributed by atoms with Crippen LogP contribution in [0.2, 0.25) is 0 Å². The van der Waals surface area contributed by atoms with Crippen molar-refractivity contribution in [2.24, 2.45) is 0 Å². The van der Waals surface area contributed by atoms with Crippen molar-refractivity contribution in [3.8, 4) is 5.75 Å². The molecule has 0 aliphatic rings. The fraction of sp³-hybridized carbons (Fsp3) is 0. The van der Waals surface area contributed by atoms with Crippen molar-refractivity contribution >= 4 is 120 Å². The smallest absolute Gasteiger partial charge is 0.294 e. The third kappa shape index (κ3) is 3.51. The van der Waals surface area contributed by atoms with Gasteiger partial charge in [-0.3, -0.25) is 22.9 Å². The maximum absolute atomic E-state index is 14.3. The Hall–Kier alpha value is -5.94. The third-order valence-electron chi connectivity index (χ3n) is 10.0. The van der Waals surface area contributed by atoms with Gasteiger partial charge in [-0.25, -0.2) is 15.2 Å². The van der Waals surface area contributed by atoms with Gasteiger partial charge in [0, 0.05) is 42.6 Å². The number of rotatable bonds is 4. The lowest BCUT2D eigenvalue weighted by atomic mass is 9.85. The van der Waals surface area contributed by atoms with E-state index in [2.05, 4.69) is 14.4 Å². The van der Waals surface area contributed by atoms with E-state index in [-0.39, 0.29) is 27.3 Å². The maximum Gasteiger partial charge on any atom is 0.294 e. The molecule has 0 aliphatic heterocycles. The standard InChI is InChI=1S/C36H16N4O9S2/c41-27-13-22-30-20(33-37-23-9-1-14(50-49-48-44)11-26(23)40(33)36(22)43)7-4-17-16-3-6-19-29-21(8-5-18(28(16)29)31(27)32(17)30)35(42)39-25-10-2-15(51(45,46)47)12-24(25)38-34(19)39/h1-13,41,44H,(H,45,46,47). The molecule has 0 unspecified atom stereocenters. The minimum Gasteiger partial charge on any atom is -0.507 e. The highest BCUT2D eigenvalue weighted by atomic mass is 32.2. The van der Waals surface area contributed by atoms with Gasteiger partial charge in [0.05, 0.1) is 44.4 Å². The summed E-state index contributed by atoms with van der Waals surface area (Å²) in [5, 5.41) is 31.6. The average Bonchev–Trinajstić information content (AvgIpc) is 3.70. The van der Waals surface area contributed by atoms with Crippen LogP contribution in [0.4, 0.5) is 0 Å². The van der Waals surface area contributed by atoms with E-state index in [1.807, 2.05) is 24.3 Å². The molecule has 0 bridgehead atoms. The number of phenolic OH excluding ortho intramolecular Hbond substituents is 1. The first-order valence-corrected chi connectivity index (χ1v) is 17.5. The van der Waals surface area contributed by atoms with Gasteiger partial charge in [0.1, 0.15) is 17.0 Å². The van der Waals surface area contributed by atoms with Gasteiger partial charge >= 0.3 is 0 Å². The van der Waals surface area contributed by atoms with Gasteiger partial charge in [-0.1, -0.05) is 23.2 Å². The summed E-state index contributed by atoms with van der Waals surface area (Å²) in [6, 6.07) is 21.7. The second-order valence-corrected chi connectivity index (χ2v) is 14.6. The van der Waals surface area contributed by atoms with Gasteiger partial charge in [-0.05, 0) is 82.2 Å². The Balaban J connectivity index is 1.29. The number of aromatic hydroxyl groups is 1. The quantitative estimate of drug-likeness (QED) is 0.0443. The molecule has 3 N–H and O–H groups in total. The molecule has 0 fully saturated rings. The van der Waals surface area contributed by atoms with Crippen LogP contribution in [-0.2, 0) is 19.5 Å². The molecule has 13 nitrogen and oxygen atoms in total. The summed E-state index contributed by atoms with van der Waals surface area (Å²) < 4.78 is 40.9. The minimum atomic E-state index is -4.50. The Morgan fingerprint density at radius 2 is 1.22 bits per heavy atom. The summed E-state index contributed by atoms with van der Waals surface area (Å²) >= 11 is 0.763. The van der Waals surface area contributed by atoms with E-state index in [9.17, 15) is 27.7 Å². The van der Waals surface area contributed by atoms with Crippen LogP contribution in [0.25, 0.3) is 98.0 Å². The molecular weight excluding hydrogens is 697 g/mol. The van der Waals surface area contributed by atoms with E-state index in [1.54, 1.807) is 30.3 Å². The van der Waals surface area contributed by atoms with Crippen molar-refractivity contribution < 1.29 is 32.7 Å². The molecule has 0 saturated heterocycles. The van der Waals surface area contributed by atoms with Crippen molar-refractivity contribution in [1.82, 2.24) is 18.8 Å². The molecule has 51 heavy (non-hydrogen) atoms. The van der Waals surface area contributed by atoms with E-state index >= 15 is 0 Å². The van der Waals surface area contributed by atoms with Gasteiger partial charge in [-0.2, -0.15) is 8.42 Å². The largest absolute Gasteiger partial charge is 0.507 e. The Bertz CT molecular complexity index is 3620. The van der Waals surface area contributed by atoms with Crippen molar-refractivity contribution in [3.63, 3.8) is 0 Å². The molecular formula is C36H16N4O9S2. The number of aromatic nitrogens is 4. The van der Waals surface area contributed by atoms with Crippen molar-refractivity contribution in [3.05, 3.63) is 99.6 Å². The number of fused-ring (bicyclic) bond motifs is 10. The van der Waals surface area contributed by atoms with E-state index in [0.717, 1.165) is 28.2 Å². The first kappa shape index (κ1) is 28.9. The monoisotopic (exact) mass is 712 g/mol. The SMILES string of the molecule is O=c1c2ccc3c4c(O)cc5c(=O)n6c7cc(SOOO)ccc7nc6c6ccc(c7ccc(c2c73)c2nc3cc(S(=O)(=O)O)ccc3n12)c4c56. The zero-order chi connectivity index (χ0) is 34.7. The Labute approximate surface area is 285 Å². The molecule has 15 heteroatoms. The van der Waals surface area contributed by atoms with Crippen molar-refractivity contribution in [1.29, 1.82) is 0 Å². The summed E-state index contributed by atoms with van der Waals surface area (Å²) in [5.74, 6) is -0.111. The highest BCUT2D eigenvalue weighted by molar-refractivity contribution is 7.94. The second kappa shape index (κ2) is 9.43. The van der Waals surface area contributed by atoms with Gasteiger partial charge in [0.15, 0.2) is 0 Å². The van der Waals surface area contributed by atoms with E-state index in [1.165, 1.54) is 33.1 Å². The molecule has 4 heterocycles. The van der Waals surface area contributed by atoms with E-state index < -0.39 is 10.1 Å². The first-order valence-electron chi connectivity index (χ1n) is 15.3. The number of hydrogen-bond donors (Lipinski definition) is 3. The summed E-state index contributed by atoms with van der Waals surface area (Å²) in [4.78, 5) is 38.1.